The lowest BCUT2D eigenvalue weighted by Crippen LogP contribution is -2.32. The third kappa shape index (κ3) is 1.20. The Labute approximate surface area is 49.7 Å². The van der Waals surface area contributed by atoms with E-state index in [1.54, 1.807) is 0 Å². The monoisotopic (exact) mass is 115 g/mol. The van der Waals surface area contributed by atoms with E-state index in [-0.39, 0.29) is 12.1 Å². The standard InChI is InChI=1S/C6H13NO/c1-4(7)6(8)5-2-3-5/h4-6,8H,2-3,7H2,1H3. The van der Waals surface area contributed by atoms with Crippen LogP contribution in [0.25, 0.3) is 0 Å². The summed E-state index contributed by atoms with van der Waals surface area (Å²) >= 11 is 0. The maximum absolute atomic E-state index is 9.14. The fourth-order valence-corrected chi connectivity index (χ4v) is 0.867. The lowest BCUT2D eigenvalue weighted by Gasteiger charge is -2.11. The van der Waals surface area contributed by atoms with Crippen LogP contribution < -0.4 is 5.73 Å². The van der Waals surface area contributed by atoms with E-state index in [2.05, 4.69) is 0 Å². The van der Waals surface area contributed by atoms with Gasteiger partial charge in [-0.3, -0.25) is 0 Å². The first kappa shape index (κ1) is 6.05. The summed E-state index contributed by atoms with van der Waals surface area (Å²) in [6, 6.07) is -0.0394. The summed E-state index contributed by atoms with van der Waals surface area (Å²) in [7, 11) is 0. The smallest absolute Gasteiger partial charge is 0.0716 e. The molecule has 1 fully saturated rings. The van der Waals surface area contributed by atoms with Gasteiger partial charge in [0.05, 0.1) is 6.10 Å². The van der Waals surface area contributed by atoms with Gasteiger partial charge in [-0.05, 0) is 25.7 Å². The molecule has 48 valence electrons. The van der Waals surface area contributed by atoms with E-state index in [1.165, 1.54) is 12.8 Å². The molecule has 1 aliphatic carbocycles. The number of hydrogen-bond acceptors (Lipinski definition) is 2. The van der Waals surface area contributed by atoms with Gasteiger partial charge in [0.15, 0.2) is 0 Å². The third-order valence-corrected chi connectivity index (χ3v) is 1.64. The summed E-state index contributed by atoms with van der Waals surface area (Å²) in [5.41, 5.74) is 5.43. The van der Waals surface area contributed by atoms with Gasteiger partial charge in [0, 0.05) is 6.04 Å². The summed E-state index contributed by atoms with van der Waals surface area (Å²) in [6.07, 6.45) is 2.10. The number of aliphatic hydroxyl groups excluding tert-OH is 1. The normalized spacial score (nSPS) is 27.4. The summed E-state index contributed by atoms with van der Waals surface area (Å²) in [6.45, 7) is 1.85. The topological polar surface area (TPSA) is 46.2 Å². The Morgan fingerprint density at radius 3 is 2.25 bits per heavy atom. The predicted molar refractivity (Wildman–Crippen MR) is 32.4 cm³/mol. The molecule has 0 spiro atoms. The van der Waals surface area contributed by atoms with E-state index >= 15 is 0 Å². The van der Waals surface area contributed by atoms with E-state index in [0.717, 1.165) is 0 Å². The number of rotatable bonds is 2. The third-order valence-electron chi connectivity index (χ3n) is 1.64. The molecule has 0 aromatic heterocycles. The largest absolute Gasteiger partial charge is 0.391 e. The predicted octanol–water partition coefficient (Wildman–Crippen LogP) is 0.104. The molecule has 1 rings (SSSR count). The minimum atomic E-state index is -0.241. The van der Waals surface area contributed by atoms with Gasteiger partial charge in [0.1, 0.15) is 0 Å². The molecule has 0 aliphatic heterocycles. The van der Waals surface area contributed by atoms with E-state index < -0.39 is 0 Å². The van der Waals surface area contributed by atoms with E-state index in [0.29, 0.717) is 5.92 Å². The van der Waals surface area contributed by atoms with Crippen LogP contribution in [0, 0.1) is 5.92 Å². The highest BCUT2D eigenvalue weighted by Gasteiger charge is 2.31. The summed E-state index contributed by atoms with van der Waals surface area (Å²) in [5, 5.41) is 9.14. The minimum Gasteiger partial charge on any atom is -0.391 e. The van der Waals surface area contributed by atoms with Crippen LogP contribution in [0.4, 0.5) is 0 Å². The van der Waals surface area contributed by atoms with E-state index in [4.69, 9.17) is 10.8 Å². The SMILES string of the molecule is CC(N)C(O)C1CC1. The van der Waals surface area contributed by atoms with Gasteiger partial charge in [0.25, 0.3) is 0 Å². The molecular formula is C6H13NO. The van der Waals surface area contributed by atoms with Gasteiger partial charge in [-0.15, -0.1) is 0 Å². The fraction of sp³-hybridized carbons (Fsp3) is 1.00. The van der Waals surface area contributed by atoms with E-state index in [1.807, 2.05) is 6.92 Å². The van der Waals surface area contributed by atoms with E-state index in [9.17, 15) is 0 Å². The zero-order valence-corrected chi connectivity index (χ0v) is 5.17. The molecule has 0 bridgehead atoms. The van der Waals surface area contributed by atoms with Crippen LogP contribution in [0.3, 0.4) is 0 Å². The van der Waals surface area contributed by atoms with Crippen molar-refractivity contribution in [3.63, 3.8) is 0 Å². The zero-order chi connectivity index (χ0) is 6.15. The van der Waals surface area contributed by atoms with Crippen LogP contribution in [0.15, 0.2) is 0 Å². The van der Waals surface area contributed by atoms with Crippen molar-refractivity contribution in [1.82, 2.24) is 0 Å². The minimum absolute atomic E-state index is 0.0394. The maximum atomic E-state index is 9.14. The first-order valence-electron chi connectivity index (χ1n) is 3.15. The van der Waals surface area contributed by atoms with Gasteiger partial charge in [-0.1, -0.05) is 0 Å². The molecule has 1 saturated carbocycles. The molecule has 2 unspecified atom stereocenters. The van der Waals surface area contributed by atoms with Crippen molar-refractivity contribution >= 4 is 0 Å². The second kappa shape index (κ2) is 2.03. The average molecular weight is 115 g/mol. The highest BCUT2D eigenvalue weighted by molar-refractivity contribution is 4.85. The summed E-state index contributed by atoms with van der Waals surface area (Å²) in [5.74, 6) is 0.523. The second-order valence-corrected chi connectivity index (χ2v) is 2.69. The van der Waals surface area contributed by atoms with Gasteiger partial charge in [-0.25, -0.2) is 0 Å². The molecule has 1 aliphatic rings. The maximum Gasteiger partial charge on any atom is 0.0716 e. The molecule has 0 heterocycles. The molecule has 0 aromatic rings. The molecule has 2 nitrogen and oxygen atoms in total. The van der Waals surface area contributed by atoms with Crippen LogP contribution in [0.1, 0.15) is 19.8 Å². The first-order chi connectivity index (χ1) is 3.72. The Kier molecular flexibility index (Phi) is 1.54. The summed E-state index contributed by atoms with van der Waals surface area (Å²) in [4.78, 5) is 0. The number of nitrogens with two attached hydrogens (primary N) is 1. The van der Waals surface area contributed by atoms with Crippen molar-refractivity contribution in [2.24, 2.45) is 11.7 Å². The molecule has 3 N–H and O–H groups in total. The van der Waals surface area contributed by atoms with Crippen molar-refractivity contribution in [2.45, 2.75) is 31.9 Å². The Bertz CT molecular complexity index is 76.6. The Morgan fingerprint density at radius 1 is 1.62 bits per heavy atom. The van der Waals surface area contributed by atoms with Crippen molar-refractivity contribution in [3.8, 4) is 0 Å². The lowest BCUT2D eigenvalue weighted by molar-refractivity contribution is 0.128. The van der Waals surface area contributed by atoms with Gasteiger partial charge >= 0.3 is 0 Å². The van der Waals surface area contributed by atoms with Crippen molar-refractivity contribution in [1.29, 1.82) is 0 Å². The first-order valence-corrected chi connectivity index (χ1v) is 3.15. The Morgan fingerprint density at radius 2 is 2.12 bits per heavy atom. The van der Waals surface area contributed by atoms with Gasteiger partial charge in [-0.2, -0.15) is 0 Å². The number of aliphatic hydroxyl groups is 1. The fourth-order valence-electron chi connectivity index (χ4n) is 0.867. The number of hydrogen-bond donors (Lipinski definition) is 2. The molecule has 2 heteroatoms. The Balaban J connectivity index is 2.22. The van der Waals surface area contributed by atoms with Crippen LogP contribution >= 0.6 is 0 Å². The lowest BCUT2D eigenvalue weighted by atomic mass is 10.1. The van der Waals surface area contributed by atoms with Crippen molar-refractivity contribution < 1.29 is 5.11 Å². The molecule has 8 heavy (non-hydrogen) atoms. The second-order valence-electron chi connectivity index (χ2n) is 2.69. The van der Waals surface area contributed by atoms with Crippen LogP contribution in [-0.2, 0) is 0 Å². The molecule has 0 saturated heterocycles. The molecular weight excluding hydrogens is 102 g/mol. The molecule has 0 radical (unpaired) electrons. The summed E-state index contributed by atoms with van der Waals surface area (Å²) < 4.78 is 0. The zero-order valence-electron chi connectivity index (χ0n) is 5.17. The van der Waals surface area contributed by atoms with Crippen molar-refractivity contribution in [2.75, 3.05) is 0 Å². The highest BCUT2D eigenvalue weighted by atomic mass is 16.3. The van der Waals surface area contributed by atoms with Crippen LogP contribution in [0.2, 0.25) is 0 Å². The van der Waals surface area contributed by atoms with Crippen molar-refractivity contribution in [3.05, 3.63) is 0 Å². The van der Waals surface area contributed by atoms with Gasteiger partial charge < -0.3 is 10.8 Å². The molecule has 0 aromatic carbocycles. The van der Waals surface area contributed by atoms with Crippen LogP contribution in [0.5, 0.6) is 0 Å². The highest BCUT2D eigenvalue weighted by Crippen LogP contribution is 2.33. The molecule has 2 atom stereocenters. The molecule has 0 amide bonds. The quantitative estimate of drug-likeness (QED) is 0.536. The van der Waals surface area contributed by atoms with Gasteiger partial charge in [0.2, 0.25) is 0 Å². The van der Waals surface area contributed by atoms with Crippen LogP contribution in [-0.4, -0.2) is 17.3 Å². The Hall–Kier alpha value is -0.0800. The average Bonchev–Trinajstić information content (AvgIpc) is 2.43.